The Morgan fingerprint density at radius 3 is 2.58 bits per heavy atom. The fourth-order valence-corrected chi connectivity index (χ4v) is 3.35. The van der Waals surface area contributed by atoms with Gasteiger partial charge in [-0.25, -0.2) is 0 Å². The van der Waals surface area contributed by atoms with Gasteiger partial charge in [0.2, 0.25) is 5.91 Å². The molecule has 0 spiro atoms. The number of fused-ring (bicyclic) bond motifs is 1. The quantitative estimate of drug-likeness (QED) is 0.845. The summed E-state index contributed by atoms with van der Waals surface area (Å²) in [7, 11) is 0. The maximum atomic E-state index is 12.9. The molecule has 1 atom stereocenters. The van der Waals surface area contributed by atoms with Gasteiger partial charge in [-0.2, -0.15) is 0 Å². The number of hydrogen-bond donors (Lipinski definition) is 0. The number of nitrogens with zero attached hydrogens (tertiary/aromatic N) is 2. The van der Waals surface area contributed by atoms with Gasteiger partial charge >= 0.3 is 0 Å². The van der Waals surface area contributed by atoms with Gasteiger partial charge in [-0.05, 0) is 44.9 Å². The average Bonchev–Trinajstić information content (AvgIpc) is 3.11. The van der Waals surface area contributed by atoms with Crippen LogP contribution in [0.4, 0.5) is 0 Å². The maximum Gasteiger partial charge on any atom is 0.254 e. The lowest BCUT2D eigenvalue weighted by atomic mass is 10.1. The Balaban J connectivity index is 1.79. The highest BCUT2D eigenvalue weighted by Crippen LogP contribution is 2.32. The van der Waals surface area contributed by atoms with Crippen LogP contribution >= 0.6 is 0 Å². The number of rotatable bonds is 4. The van der Waals surface area contributed by atoms with Crippen LogP contribution in [0.15, 0.2) is 18.2 Å². The Kier molecular flexibility index (Phi) is 4.92. The zero-order chi connectivity index (χ0) is 17.1. The van der Waals surface area contributed by atoms with E-state index in [1.54, 1.807) is 28.0 Å². The zero-order valence-corrected chi connectivity index (χ0v) is 14.3. The van der Waals surface area contributed by atoms with Gasteiger partial charge < -0.3 is 19.3 Å². The van der Waals surface area contributed by atoms with Gasteiger partial charge in [0.05, 0.1) is 0 Å². The van der Waals surface area contributed by atoms with Crippen LogP contribution in [-0.4, -0.2) is 60.5 Å². The van der Waals surface area contributed by atoms with Gasteiger partial charge in [-0.1, -0.05) is 0 Å². The van der Waals surface area contributed by atoms with E-state index in [0.717, 1.165) is 12.8 Å². The first-order valence-electron chi connectivity index (χ1n) is 8.65. The van der Waals surface area contributed by atoms with Crippen LogP contribution in [0.1, 0.15) is 37.0 Å². The molecule has 0 aromatic heterocycles. The highest BCUT2D eigenvalue weighted by atomic mass is 16.6. The van der Waals surface area contributed by atoms with E-state index in [2.05, 4.69) is 0 Å². The van der Waals surface area contributed by atoms with E-state index in [-0.39, 0.29) is 17.9 Å². The van der Waals surface area contributed by atoms with E-state index in [1.807, 2.05) is 13.8 Å². The maximum absolute atomic E-state index is 12.9. The molecule has 0 aliphatic carbocycles. The van der Waals surface area contributed by atoms with Crippen molar-refractivity contribution in [3.8, 4) is 11.5 Å². The van der Waals surface area contributed by atoms with Crippen molar-refractivity contribution in [2.24, 2.45) is 0 Å². The number of likely N-dealkylation sites (N-methyl/N-ethyl adjacent to an activating group) is 1. The second-order valence-corrected chi connectivity index (χ2v) is 6.03. The van der Waals surface area contributed by atoms with Crippen molar-refractivity contribution < 1.29 is 19.1 Å². The molecular weight excluding hydrogens is 308 g/mol. The fourth-order valence-electron chi connectivity index (χ4n) is 3.35. The predicted molar refractivity (Wildman–Crippen MR) is 89.4 cm³/mol. The Hall–Kier alpha value is -2.24. The summed E-state index contributed by atoms with van der Waals surface area (Å²) in [6, 6.07) is 4.87. The number of amides is 2. The number of carbonyl (C=O) groups is 2. The third-order valence-corrected chi connectivity index (χ3v) is 4.66. The molecule has 1 saturated heterocycles. The van der Waals surface area contributed by atoms with Crippen molar-refractivity contribution in [1.29, 1.82) is 0 Å². The fraction of sp³-hybridized carbons (Fsp3) is 0.556. The zero-order valence-electron chi connectivity index (χ0n) is 14.3. The molecule has 2 heterocycles. The number of ether oxygens (including phenoxy) is 2. The number of likely N-dealkylation sites (tertiary alicyclic amines) is 1. The summed E-state index contributed by atoms with van der Waals surface area (Å²) >= 11 is 0. The van der Waals surface area contributed by atoms with Gasteiger partial charge in [0.25, 0.3) is 5.91 Å². The third-order valence-electron chi connectivity index (χ3n) is 4.66. The van der Waals surface area contributed by atoms with E-state index in [9.17, 15) is 9.59 Å². The summed E-state index contributed by atoms with van der Waals surface area (Å²) < 4.78 is 11.0. The molecule has 1 aromatic carbocycles. The lowest BCUT2D eigenvalue weighted by Crippen LogP contribution is -2.47. The molecule has 1 aromatic rings. The molecule has 1 unspecified atom stereocenters. The lowest BCUT2D eigenvalue weighted by Gasteiger charge is -2.29. The van der Waals surface area contributed by atoms with E-state index < -0.39 is 0 Å². The van der Waals surface area contributed by atoms with Crippen LogP contribution in [0.5, 0.6) is 11.5 Å². The van der Waals surface area contributed by atoms with Gasteiger partial charge in [-0.3, -0.25) is 9.59 Å². The first-order valence-corrected chi connectivity index (χ1v) is 8.65. The molecule has 24 heavy (non-hydrogen) atoms. The Morgan fingerprint density at radius 2 is 1.88 bits per heavy atom. The molecule has 1 fully saturated rings. The molecular formula is C18H24N2O4. The Bertz CT molecular complexity index is 627. The van der Waals surface area contributed by atoms with Crippen molar-refractivity contribution >= 4 is 11.8 Å². The molecule has 2 aliphatic heterocycles. The summed E-state index contributed by atoms with van der Waals surface area (Å²) in [6.45, 7) is 6.87. The third kappa shape index (κ3) is 3.05. The normalized spacial score (nSPS) is 19.2. The summed E-state index contributed by atoms with van der Waals surface area (Å²) in [4.78, 5) is 29.1. The molecule has 6 nitrogen and oxygen atoms in total. The standard InChI is InChI=1S/C18H24N2O4/c1-3-19(4-2)18(22)14-6-5-9-20(14)17(21)13-7-8-15-16(12-13)24-11-10-23-15/h7-8,12,14H,3-6,9-11H2,1-2H3. The SMILES string of the molecule is CCN(CC)C(=O)C1CCCN1C(=O)c1ccc2c(c1)OCCO2. The second kappa shape index (κ2) is 7.11. The van der Waals surface area contributed by atoms with Crippen LogP contribution in [-0.2, 0) is 4.79 Å². The van der Waals surface area contributed by atoms with Crippen molar-refractivity contribution in [2.45, 2.75) is 32.7 Å². The highest BCUT2D eigenvalue weighted by Gasteiger charge is 2.36. The molecule has 3 rings (SSSR count). The van der Waals surface area contributed by atoms with Crippen molar-refractivity contribution in [2.75, 3.05) is 32.8 Å². The Labute approximate surface area is 142 Å². The van der Waals surface area contributed by atoms with Crippen molar-refractivity contribution in [3.05, 3.63) is 23.8 Å². The molecule has 0 N–H and O–H groups in total. The summed E-state index contributed by atoms with van der Waals surface area (Å²) in [5, 5.41) is 0. The lowest BCUT2D eigenvalue weighted by molar-refractivity contribution is -0.134. The Morgan fingerprint density at radius 1 is 1.17 bits per heavy atom. The molecule has 2 aliphatic rings. The van der Waals surface area contributed by atoms with Crippen LogP contribution in [0.2, 0.25) is 0 Å². The van der Waals surface area contributed by atoms with Crippen molar-refractivity contribution in [1.82, 2.24) is 9.80 Å². The van der Waals surface area contributed by atoms with Crippen LogP contribution in [0.25, 0.3) is 0 Å². The van der Waals surface area contributed by atoms with Gasteiger partial charge in [0.1, 0.15) is 19.3 Å². The summed E-state index contributed by atoms with van der Waals surface area (Å²) in [5.41, 5.74) is 0.540. The highest BCUT2D eigenvalue weighted by molar-refractivity contribution is 5.98. The molecule has 0 bridgehead atoms. The van der Waals surface area contributed by atoms with E-state index in [1.165, 1.54) is 0 Å². The second-order valence-electron chi connectivity index (χ2n) is 6.03. The minimum Gasteiger partial charge on any atom is -0.486 e. The van der Waals surface area contributed by atoms with E-state index in [0.29, 0.717) is 49.9 Å². The molecule has 0 saturated carbocycles. The number of carbonyl (C=O) groups excluding carboxylic acids is 2. The van der Waals surface area contributed by atoms with E-state index in [4.69, 9.17) is 9.47 Å². The average molecular weight is 332 g/mol. The van der Waals surface area contributed by atoms with Gasteiger partial charge in [-0.15, -0.1) is 0 Å². The largest absolute Gasteiger partial charge is 0.486 e. The minimum atomic E-state index is -0.356. The molecule has 0 radical (unpaired) electrons. The minimum absolute atomic E-state index is 0.0448. The summed E-state index contributed by atoms with van der Waals surface area (Å²) in [6.07, 6.45) is 1.58. The smallest absolute Gasteiger partial charge is 0.254 e. The molecule has 130 valence electrons. The first-order chi connectivity index (χ1) is 11.7. The predicted octanol–water partition coefficient (Wildman–Crippen LogP) is 1.93. The number of hydrogen-bond acceptors (Lipinski definition) is 4. The number of benzene rings is 1. The van der Waals surface area contributed by atoms with Gasteiger partial charge in [0, 0.05) is 25.2 Å². The molecule has 2 amide bonds. The topological polar surface area (TPSA) is 59.1 Å². The van der Waals surface area contributed by atoms with Gasteiger partial charge in [0.15, 0.2) is 11.5 Å². The van der Waals surface area contributed by atoms with Crippen LogP contribution < -0.4 is 9.47 Å². The first kappa shape index (κ1) is 16.6. The molecule has 6 heteroatoms. The summed E-state index contributed by atoms with van der Waals surface area (Å²) in [5.74, 6) is 1.19. The van der Waals surface area contributed by atoms with E-state index >= 15 is 0 Å². The van der Waals surface area contributed by atoms with Crippen LogP contribution in [0, 0.1) is 0 Å². The van der Waals surface area contributed by atoms with Crippen LogP contribution in [0.3, 0.4) is 0 Å². The van der Waals surface area contributed by atoms with Crippen molar-refractivity contribution in [3.63, 3.8) is 0 Å². The monoisotopic (exact) mass is 332 g/mol.